The molecule has 0 aliphatic carbocycles. The number of H-pyrrole nitrogens is 1. The van der Waals surface area contributed by atoms with Crippen LogP contribution in [0.15, 0.2) is 54.7 Å². The third-order valence-corrected chi connectivity index (χ3v) is 8.50. The first kappa shape index (κ1) is 38.0. The number of aryl methyl sites for hydroxylation is 1. The van der Waals surface area contributed by atoms with Gasteiger partial charge in [0, 0.05) is 55.0 Å². The van der Waals surface area contributed by atoms with Gasteiger partial charge in [0.25, 0.3) is 5.91 Å². The van der Waals surface area contributed by atoms with Gasteiger partial charge >= 0.3 is 5.51 Å². The van der Waals surface area contributed by atoms with Crippen molar-refractivity contribution in [3.63, 3.8) is 0 Å². The molecule has 4 rings (SSSR count). The van der Waals surface area contributed by atoms with E-state index in [1.807, 2.05) is 48.0 Å². The largest absolute Gasteiger partial charge is 0.741 e. The molecule has 0 bridgehead atoms. The maximum absolute atomic E-state index is 13.0. The van der Waals surface area contributed by atoms with E-state index in [4.69, 9.17) is 41.2 Å². The van der Waals surface area contributed by atoms with Gasteiger partial charge in [0.05, 0.1) is 41.3 Å². The topological polar surface area (TPSA) is 152 Å². The lowest BCUT2D eigenvalue weighted by Gasteiger charge is -2.23. The summed E-state index contributed by atoms with van der Waals surface area (Å²) in [5.41, 5.74) is -0.377. The van der Waals surface area contributed by atoms with Gasteiger partial charge < -0.3 is 29.6 Å². The molecule has 0 unspecified atom stereocenters. The lowest BCUT2D eigenvalue weighted by Crippen LogP contribution is -2.27. The number of rotatable bonds is 12. The lowest BCUT2D eigenvalue weighted by molar-refractivity contribution is -0.115. The third kappa shape index (κ3) is 10.8. The van der Waals surface area contributed by atoms with E-state index in [1.165, 1.54) is 0 Å². The van der Waals surface area contributed by atoms with Crippen LogP contribution in [0.2, 0.25) is 0 Å². The molecule has 0 aliphatic heterocycles. The number of aromatic nitrogens is 3. The Labute approximate surface area is 282 Å². The summed E-state index contributed by atoms with van der Waals surface area (Å²) >= 11 is 11.8. The zero-order valence-corrected chi connectivity index (χ0v) is 28.7. The number of benzene rings is 2. The maximum atomic E-state index is 13.0. The molecule has 0 radical (unpaired) electrons. The van der Waals surface area contributed by atoms with Crippen LogP contribution < -0.4 is 15.5 Å². The van der Waals surface area contributed by atoms with Crippen molar-refractivity contribution in [2.75, 3.05) is 58.6 Å². The molecule has 0 saturated carbocycles. The van der Waals surface area contributed by atoms with Crippen molar-refractivity contribution < 1.29 is 35.7 Å². The van der Waals surface area contributed by atoms with Crippen LogP contribution in [-0.4, -0.2) is 87.9 Å². The molecule has 18 heteroatoms. The number of amides is 2. The average Bonchev–Trinajstić information content (AvgIpc) is 3.59. The summed E-state index contributed by atoms with van der Waals surface area (Å²) in [6.07, 6.45) is 6.51. The van der Waals surface area contributed by atoms with Gasteiger partial charge in [0.2, 0.25) is 5.91 Å². The van der Waals surface area contributed by atoms with Crippen LogP contribution in [0, 0.1) is 0 Å². The van der Waals surface area contributed by atoms with Crippen molar-refractivity contribution in [3.05, 3.63) is 60.3 Å². The van der Waals surface area contributed by atoms with Crippen LogP contribution in [0.5, 0.6) is 0 Å². The highest BCUT2D eigenvalue weighted by molar-refractivity contribution is 7.95. The van der Waals surface area contributed by atoms with E-state index in [2.05, 4.69) is 33.0 Å². The molecule has 2 aromatic carbocycles. The summed E-state index contributed by atoms with van der Waals surface area (Å²) in [7, 11) is -3.94. The molecule has 2 amide bonds. The van der Waals surface area contributed by atoms with Crippen molar-refractivity contribution in [2.24, 2.45) is 7.05 Å². The van der Waals surface area contributed by atoms with E-state index < -0.39 is 15.6 Å². The second kappa shape index (κ2) is 16.6. The van der Waals surface area contributed by atoms with Crippen LogP contribution in [-0.2, 0) is 32.9 Å². The molecule has 11 nitrogen and oxygen atoms in total. The Kier molecular flexibility index (Phi) is 13.4. The molecule has 2 aromatic heterocycles. The van der Waals surface area contributed by atoms with E-state index in [0.29, 0.717) is 59.5 Å². The number of hydrogen-bond acceptors (Lipinski definition) is 7. The molecular weight excluding hydrogens is 704 g/mol. The highest BCUT2D eigenvalue weighted by Crippen LogP contribution is 2.26. The molecular formula is C29H33Cl2F3N6O5S2. The monoisotopic (exact) mass is 736 g/mol. The van der Waals surface area contributed by atoms with Crippen LogP contribution in [0.4, 0.5) is 30.2 Å². The predicted molar refractivity (Wildman–Crippen MR) is 182 cm³/mol. The fourth-order valence-corrected chi connectivity index (χ4v) is 5.23. The van der Waals surface area contributed by atoms with Gasteiger partial charge in [-0.3, -0.25) is 9.59 Å². The summed E-state index contributed by atoms with van der Waals surface area (Å²) in [4.78, 5) is 35.3. The van der Waals surface area contributed by atoms with Crippen LogP contribution in [0.25, 0.3) is 22.6 Å². The first-order valence-electron chi connectivity index (χ1n) is 13.8. The van der Waals surface area contributed by atoms with Crippen LogP contribution in [0.3, 0.4) is 0 Å². The number of fused-ring (bicyclic) bond motifs is 1. The first-order valence-corrected chi connectivity index (χ1v) is 18.5. The van der Waals surface area contributed by atoms with E-state index in [-0.39, 0.29) is 22.7 Å². The number of alkyl halides is 5. The van der Waals surface area contributed by atoms with Crippen molar-refractivity contribution in [2.45, 2.75) is 11.9 Å². The van der Waals surface area contributed by atoms with Crippen molar-refractivity contribution in [1.29, 1.82) is 0 Å². The quantitative estimate of drug-likeness (QED) is 0.0766. The molecule has 0 fully saturated rings. The van der Waals surface area contributed by atoms with Gasteiger partial charge in [0.1, 0.15) is 5.75 Å². The zero-order valence-electron chi connectivity index (χ0n) is 25.5. The fraction of sp³-hybridized carbons (Fsp3) is 0.345. The molecule has 47 heavy (non-hydrogen) atoms. The molecule has 0 atom stereocenters. The molecule has 256 valence electrons. The van der Waals surface area contributed by atoms with Gasteiger partial charge in [-0.25, -0.2) is 13.4 Å². The molecule has 0 saturated heterocycles. The van der Waals surface area contributed by atoms with Gasteiger partial charge in [0.15, 0.2) is 15.9 Å². The van der Waals surface area contributed by atoms with Crippen LogP contribution in [0.1, 0.15) is 16.8 Å². The number of carbonyl (C=O) groups is 2. The van der Waals surface area contributed by atoms with Crippen molar-refractivity contribution in [1.82, 2.24) is 14.5 Å². The Bertz CT molecular complexity index is 1770. The second-order valence-electron chi connectivity index (χ2n) is 10.3. The first-order chi connectivity index (χ1) is 22.0. The Morgan fingerprint density at radius 1 is 1.02 bits per heavy atom. The summed E-state index contributed by atoms with van der Waals surface area (Å²) in [6.45, 7) is 1.39. The third-order valence-electron chi connectivity index (χ3n) is 6.57. The molecule has 4 aromatic rings. The van der Waals surface area contributed by atoms with Crippen molar-refractivity contribution in [3.8, 4) is 11.5 Å². The minimum absolute atomic E-state index is 0.000101. The Morgan fingerprint density at radius 2 is 1.64 bits per heavy atom. The summed E-state index contributed by atoms with van der Waals surface area (Å²) in [5, 5.41) is 5.89. The Morgan fingerprint density at radius 3 is 2.19 bits per heavy atom. The number of carbonyl (C=O) groups excluding carboxylic acids is 2. The summed E-state index contributed by atoms with van der Waals surface area (Å²) in [6, 6.07) is 14.9. The molecule has 0 spiro atoms. The standard InChI is InChI=1S/C28H32Cl2N6O2S.CHF3O3S/c1-35-25-9-4-19(28(38)33-20-5-7-22(8-6-20)36(13-11-29)14-12-30)16-23(25)34-27(35)24-17-21(18-31-24)32-26(37)10-15-39(2)3;2-1(3,4)8(5,6)7/h4-9,16-18H,10-15H2,1-3H3,(H2-,31,32,33,34,37,38);(H,5,6,7). The van der Waals surface area contributed by atoms with E-state index in [9.17, 15) is 22.8 Å². The molecule has 0 aliphatic rings. The van der Waals surface area contributed by atoms with Gasteiger partial charge in [-0.1, -0.05) is 0 Å². The van der Waals surface area contributed by atoms with Crippen molar-refractivity contribution >= 4 is 84.1 Å². The smallest absolute Gasteiger partial charge is 0.485 e. The fourth-order valence-electron chi connectivity index (χ4n) is 4.23. The van der Waals surface area contributed by atoms with E-state index >= 15 is 0 Å². The minimum Gasteiger partial charge on any atom is -0.741 e. The average molecular weight is 738 g/mol. The maximum Gasteiger partial charge on any atom is 0.485 e. The number of aromatic amines is 1. The highest BCUT2D eigenvalue weighted by Gasteiger charge is 2.37. The summed E-state index contributed by atoms with van der Waals surface area (Å²) in [5.74, 6) is 2.38. The number of imidazole rings is 1. The predicted octanol–water partition coefficient (Wildman–Crippen LogP) is 5.36. The number of hydrogen-bond donors (Lipinski definition) is 3. The Hall–Kier alpha value is -3.44. The second-order valence-corrected chi connectivity index (χ2v) is 14.8. The van der Waals surface area contributed by atoms with Gasteiger partial charge in [-0.05, 0) is 59.4 Å². The number of halogens is 5. The van der Waals surface area contributed by atoms with Gasteiger partial charge in [-0.15, -0.1) is 23.2 Å². The summed E-state index contributed by atoms with van der Waals surface area (Å²) < 4.78 is 60.9. The highest BCUT2D eigenvalue weighted by atomic mass is 35.5. The molecule has 3 N–H and O–H groups in total. The number of anilines is 3. The minimum atomic E-state index is -6.09. The number of nitrogens with zero attached hydrogens (tertiary/aromatic N) is 3. The molecule has 2 heterocycles. The zero-order chi connectivity index (χ0) is 34.9. The van der Waals surface area contributed by atoms with E-state index in [0.717, 1.165) is 22.7 Å². The lowest BCUT2D eigenvalue weighted by atomic mass is 10.1. The van der Waals surface area contributed by atoms with Crippen LogP contribution >= 0.6 is 23.2 Å². The Balaban J connectivity index is 0.000000665. The number of nitrogens with one attached hydrogen (secondary N) is 3. The van der Waals surface area contributed by atoms with E-state index in [1.54, 1.807) is 18.3 Å². The SMILES string of the molecule is Cn1c(-c2cc(NC(=O)CC[S+](C)C)c[nH]2)nc2cc(C(=O)Nc3ccc(N(CCCl)CCCl)cc3)ccc21.O=S(=O)([O-])C(F)(F)F. The normalized spacial score (nSPS) is 11.7. The van der Waals surface area contributed by atoms with Gasteiger partial charge in [-0.2, -0.15) is 13.2 Å².